The molecule has 1 aromatic carbocycles. The number of carbonyl (C=O) groups is 1. The summed E-state index contributed by atoms with van der Waals surface area (Å²) in [5.41, 5.74) is -2.18. The average molecular weight is 282 g/mol. The largest absolute Gasteiger partial charge is 0.419 e. The van der Waals surface area contributed by atoms with Crippen LogP contribution in [0.1, 0.15) is 15.9 Å². The molecular formula is C11H8ClF4NO. The lowest BCUT2D eigenvalue weighted by Crippen LogP contribution is -2.26. The van der Waals surface area contributed by atoms with Gasteiger partial charge < -0.3 is 5.32 Å². The highest BCUT2D eigenvalue weighted by atomic mass is 35.5. The summed E-state index contributed by atoms with van der Waals surface area (Å²) >= 11 is 5.37. The van der Waals surface area contributed by atoms with Crippen LogP contribution in [0.15, 0.2) is 29.8 Å². The summed E-state index contributed by atoms with van der Waals surface area (Å²) in [6.45, 7) is 3.12. The molecule has 0 aliphatic rings. The Balaban J connectivity index is 3.04. The maximum Gasteiger partial charge on any atom is 0.419 e. The van der Waals surface area contributed by atoms with Crippen molar-refractivity contribution in [3.05, 3.63) is 46.8 Å². The molecule has 0 fully saturated rings. The second-order valence-electron chi connectivity index (χ2n) is 3.36. The van der Waals surface area contributed by atoms with Crippen LogP contribution in [0.25, 0.3) is 0 Å². The predicted octanol–water partition coefficient (Wildman–Crippen LogP) is 3.33. The van der Waals surface area contributed by atoms with E-state index in [1.807, 2.05) is 0 Å². The molecule has 7 heteroatoms. The maximum absolute atomic E-state index is 13.5. The van der Waals surface area contributed by atoms with Gasteiger partial charge >= 0.3 is 6.18 Å². The first-order valence-electron chi connectivity index (χ1n) is 4.70. The van der Waals surface area contributed by atoms with Crippen molar-refractivity contribution in [3.8, 4) is 0 Å². The van der Waals surface area contributed by atoms with Gasteiger partial charge in [0.05, 0.1) is 17.7 Å². The lowest BCUT2D eigenvalue weighted by molar-refractivity contribution is -0.140. The van der Waals surface area contributed by atoms with E-state index >= 15 is 0 Å². The molecule has 1 aromatic rings. The van der Waals surface area contributed by atoms with E-state index in [0.29, 0.717) is 6.07 Å². The zero-order chi connectivity index (χ0) is 13.9. The first-order valence-corrected chi connectivity index (χ1v) is 5.08. The van der Waals surface area contributed by atoms with E-state index in [1.54, 1.807) is 0 Å². The lowest BCUT2D eigenvalue weighted by atomic mass is 10.1. The summed E-state index contributed by atoms with van der Waals surface area (Å²) in [6, 6.07) is 2.47. The summed E-state index contributed by atoms with van der Waals surface area (Å²) < 4.78 is 50.7. The molecule has 0 aliphatic heterocycles. The number of amides is 1. The fraction of sp³-hybridized carbons (Fsp3) is 0.182. The Morgan fingerprint density at radius 1 is 1.39 bits per heavy atom. The molecule has 0 aliphatic carbocycles. The number of benzene rings is 1. The molecule has 2 nitrogen and oxygen atoms in total. The Bertz CT molecular complexity index is 484. The van der Waals surface area contributed by atoms with Gasteiger partial charge in [0.1, 0.15) is 5.82 Å². The van der Waals surface area contributed by atoms with Crippen molar-refractivity contribution in [2.24, 2.45) is 0 Å². The zero-order valence-electron chi connectivity index (χ0n) is 8.94. The molecule has 0 saturated heterocycles. The Morgan fingerprint density at radius 2 is 2.00 bits per heavy atom. The van der Waals surface area contributed by atoms with E-state index in [4.69, 9.17) is 11.6 Å². The molecule has 1 N–H and O–H groups in total. The molecule has 1 amide bonds. The van der Waals surface area contributed by atoms with Gasteiger partial charge in [-0.05, 0) is 12.1 Å². The van der Waals surface area contributed by atoms with Crippen molar-refractivity contribution >= 4 is 17.5 Å². The first-order chi connectivity index (χ1) is 8.23. The number of alkyl halides is 3. The van der Waals surface area contributed by atoms with Gasteiger partial charge in [-0.25, -0.2) is 4.39 Å². The SMILES string of the molecule is C=C(Cl)CNC(=O)c1cccc(C(F)(F)F)c1F. The Morgan fingerprint density at radius 3 is 2.50 bits per heavy atom. The summed E-state index contributed by atoms with van der Waals surface area (Å²) in [6.07, 6.45) is -4.85. The van der Waals surface area contributed by atoms with Gasteiger partial charge in [-0.15, -0.1) is 0 Å². The summed E-state index contributed by atoms with van der Waals surface area (Å²) in [5.74, 6) is -2.59. The van der Waals surface area contributed by atoms with E-state index in [-0.39, 0.29) is 11.6 Å². The molecule has 98 valence electrons. The standard InChI is InChI=1S/C11H8ClF4NO/c1-6(12)5-17-10(18)7-3-2-4-8(9(7)13)11(14,15)16/h2-4H,1,5H2,(H,17,18). The number of rotatable bonds is 3. The zero-order valence-corrected chi connectivity index (χ0v) is 9.70. The molecule has 0 bridgehead atoms. The normalized spacial score (nSPS) is 11.2. The third kappa shape index (κ3) is 3.46. The Labute approximate surface area is 105 Å². The highest BCUT2D eigenvalue weighted by molar-refractivity contribution is 6.29. The minimum Gasteiger partial charge on any atom is -0.347 e. The molecule has 0 radical (unpaired) electrons. The van der Waals surface area contributed by atoms with Crippen molar-refractivity contribution in [2.45, 2.75) is 6.18 Å². The van der Waals surface area contributed by atoms with Crippen LogP contribution < -0.4 is 5.32 Å². The smallest absolute Gasteiger partial charge is 0.347 e. The van der Waals surface area contributed by atoms with Crippen LogP contribution in [0.2, 0.25) is 0 Å². The number of nitrogens with one attached hydrogen (secondary N) is 1. The molecular weight excluding hydrogens is 274 g/mol. The van der Waals surface area contributed by atoms with Gasteiger partial charge in [0.2, 0.25) is 0 Å². The molecule has 0 unspecified atom stereocenters. The van der Waals surface area contributed by atoms with Crippen LogP contribution in [-0.2, 0) is 6.18 Å². The first kappa shape index (κ1) is 14.5. The van der Waals surface area contributed by atoms with Gasteiger partial charge in [0, 0.05) is 5.03 Å². The van der Waals surface area contributed by atoms with Gasteiger partial charge in [-0.1, -0.05) is 24.2 Å². The Kier molecular flexibility index (Phi) is 4.34. The van der Waals surface area contributed by atoms with Crippen molar-refractivity contribution in [1.82, 2.24) is 5.32 Å². The van der Waals surface area contributed by atoms with E-state index in [2.05, 4.69) is 11.9 Å². The Hall–Kier alpha value is -1.56. The second-order valence-corrected chi connectivity index (χ2v) is 3.90. The third-order valence-electron chi connectivity index (χ3n) is 1.99. The summed E-state index contributed by atoms with van der Waals surface area (Å²) in [5, 5.41) is 2.22. The van der Waals surface area contributed by atoms with Crippen LogP contribution in [0.3, 0.4) is 0 Å². The van der Waals surface area contributed by atoms with Crippen molar-refractivity contribution < 1.29 is 22.4 Å². The molecule has 0 atom stereocenters. The predicted molar refractivity (Wildman–Crippen MR) is 58.7 cm³/mol. The highest BCUT2D eigenvalue weighted by Crippen LogP contribution is 2.32. The quantitative estimate of drug-likeness (QED) is 0.846. The molecule has 0 heterocycles. The van der Waals surface area contributed by atoms with E-state index in [9.17, 15) is 22.4 Å². The van der Waals surface area contributed by atoms with Crippen LogP contribution in [0.5, 0.6) is 0 Å². The molecule has 1 rings (SSSR count). The summed E-state index contributed by atoms with van der Waals surface area (Å²) in [7, 11) is 0. The molecule has 0 saturated carbocycles. The van der Waals surface area contributed by atoms with Gasteiger partial charge in [0.15, 0.2) is 0 Å². The average Bonchev–Trinajstić information content (AvgIpc) is 2.24. The number of halogens is 5. The van der Waals surface area contributed by atoms with Crippen molar-refractivity contribution in [3.63, 3.8) is 0 Å². The third-order valence-corrected chi connectivity index (χ3v) is 2.12. The molecule has 0 spiro atoms. The summed E-state index contributed by atoms with van der Waals surface area (Å²) in [4.78, 5) is 11.4. The van der Waals surface area contributed by atoms with Crippen LogP contribution in [0.4, 0.5) is 17.6 Å². The fourth-order valence-corrected chi connectivity index (χ4v) is 1.26. The van der Waals surface area contributed by atoms with Crippen LogP contribution in [0, 0.1) is 5.82 Å². The molecule has 0 aromatic heterocycles. The van der Waals surface area contributed by atoms with Gasteiger partial charge in [-0.2, -0.15) is 13.2 Å². The minimum atomic E-state index is -4.85. The second kappa shape index (κ2) is 5.39. The van der Waals surface area contributed by atoms with E-state index in [1.165, 1.54) is 0 Å². The van der Waals surface area contributed by atoms with Gasteiger partial charge in [-0.3, -0.25) is 4.79 Å². The monoisotopic (exact) mass is 281 g/mol. The fourth-order valence-electron chi connectivity index (χ4n) is 1.20. The van der Waals surface area contributed by atoms with E-state index < -0.39 is 29.0 Å². The number of hydrogen-bond donors (Lipinski definition) is 1. The van der Waals surface area contributed by atoms with E-state index in [0.717, 1.165) is 12.1 Å². The van der Waals surface area contributed by atoms with Crippen LogP contribution >= 0.6 is 11.6 Å². The highest BCUT2D eigenvalue weighted by Gasteiger charge is 2.35. The van der Waals surface area contributed by atoms with Gasteiger partial charge in [0.25, 0.3) is 5.91 Å². The number of carbonyl (C=O) groups excluding carboxylic acids is 1. The topological polar surface area (TPSA) is 29.1 Å². The van der Waals surface area contributed by atoms with Crippen molar-refractivity contribution in [2.75, 3.05) is 6.54 Å². The van der Waals surface area contributed by atoms with Crippen molar-refractivity contribution in [1.29, 1.82) is 0 Å². The number of hydrogen-bond acceptors (Lipinski definition) is 1. The maximum atomic E-state index is 13.5. The lowest BCUT2D eigenvalue weighted by Gasteiger charge is -2.11. The molecule has 18 heavy (non-hydrogen) atoms. The van der Waals surface area contributed by atoms with Crippen LogP contribution in [-0.4, -0.2) is 12.5 Å². The minimum absolute atomic E-state index is 0.0794.